The number of rotatable bonds is 7. The van der Waals surface area contributed by atoms with Crippen LogP contribution in [0.2, 0.25) is 0 Å². The van der Waals surface area contributed by atoms with Crippen LogP contribution in [0.3, 0.4) is 0 Å². The monoisotopic (exact) mass is 494 g/mol. The molecule has 3 heterocycles. The van der Waals surface area contributed by atoms with Gasteiger partial charge in [-0.25, -0.2) is 13.8 Å². The Bertz CT molecular complexity index is 1410. The molecule has 1 aliphatic rings. The highest BCUT2D eigenvalue weighted by Crippen LogP contribution is 2.31. The van der Waals surface area contributed by atoms with Crippen LogP contribution in [0.25, 0.3) is 22.9 Å². The van der Waals surface area contributed by atoms with Crippen molar-refractivity contribution in [2.75, 3.05) is 6.54 Å². The summed E-state index contributed by atoms with van der Waals surface area (Å²) in [4.78, 5) is 20.0. The van der Waals surface area contributed by atoms with Crippen LogP contribution in [-0.4, -0.2) is 26.2 Å². The van der Waals surface area contributed by atoms with Gasteiger partial charge in [0.2, 0.25) is 5.24 Å². The Kier molecular flexibility index (Phi) is 6.57. The van der Waals surface area contributed by atoms with E-state index < -0.39 is 16.9 Å². The van der Waals surface area contributed by atoms with Gasteiger partial charge in [-0.3, -0.25) is 14.2 Å². The maximum atomic E-state index is 14.4. The first-order chi connectivity index (χ1) is 17.0. The van der Waals surface area contributed by atoms with Gasteiger partial charge < -0.3 is 10.1 Å². The van der Waals surface area contributed by atoms with Crippen molar-refractivity contribution in [1.82, 2.24) is 19.7 Å². The van der Waals surface area contributed by atoms with E-state index >= 15 is 0 Å². The minimum atomic E-state index is -1.07. The van der Waals surface area contributed by atoms with Crippen LogP contribution in [-0.2, 0) is 11.4 Å². The summed E-state index contributed by atoms with van der Waals surface area (Å²) in [5, 5.41) is 2.72. The topological polar surface area (TPSA) is 68.5 Å². The second kappa shape index (κ2) is 9.93. The van der Waals surface area contributed by atoms with Crippen molar-refractivity contribution in [1.29, 1.82) is 0 Å². The Morgan fingerprint density at radius 2 is 2.03 bits per heavy atom. The van der Waals surface area contributed by atoms with Crippen LogP contribution in [0.5, 0.6) is 5.75 Å². The molecule has 2 aromatic heterocycles. The molecule has 4 aromatic rings. The number of benzene rings is 2. The SMILES string of the molecule is O=C(Cl)/C=C\c1ccc(COc2ccc(-c3nc([C@@H]4CCCN4)n4ccncc34)cc2)c(F)c1F. The Labute approximate surface area is 205 Å². The lowest BCUT2D eigenvalue weighted by atomic mass is 10.1. The van der Waals surface area contributed by atoms with E-state index in [0.717, 1.165) is 54.1 Å². The number of allylic oxidation sites excluding steroid dienone is 1. The lowest BCUT2D eigenvalue weighted by Crippen LogP contribution is -2.15. The van der Waals surface area contributed by atoms with Crippen molar-refractivity contribution < 1.29 is 18.3 Å². The average molecular weight is 495 g/mol. The standard InChI is InChI=1S/C26H21ClF2N4O2/c27-22(34)10-7-16-3-4-18(24(29)23(16)28)15-35-19-8-5-17(6-9-19)25-21-14-30-12-13-33(21)26(32-25)20-2-1-11-31-20/h3-10,12-14,20,31H,1-2,11,15H2/b10-7-/t20-/m0/s1. The number of nitrogens with zero attached hydrogens (tertiary/aromatic N) is 3. The number of aromatic nitrogens is 3. The third-order valence-electron chi connectivity index (χ3n) is 5.95. The van der Waals surface area contributed by atoms with Gasteiger partial charge in [-0.2, -0.15) is 0 Å². The average Bonchev–Trinajstić information content (AvgIpc) is 3.53. The lowest BCUT2D eigenvalue weighted by Gasteiger charge is -2.09. The van der Waals surface area contributed by atoms with Gasteiger partial charge >= 0.3 is 0 Å². The molecule has 6 nitrogen and oxygen atoms in total. The highest BCUT2D eigenvalue weighted by molar-refractivity contribution is 6.66. The molecule has 1 saturated heterocycles. The van der Waals surface area contributed by atoms with Crippen molar-refractivity contribution in [2.24, 2.45) is 0 Å². The third kappa shape index (κ3) is 4.80. The molecule has 5 rings (SSSR count). The second-order valence-electron chi connectivity index (χ2n) is 8.19. The summed E-state index contributed by atoms with van der Waals surface area (Å²) in [6, 6.07) is 10.3. The molecule has 0 bridgehead atoms. The summed E-state index contributed by atoms with van der Waals surface area (Å²) in [7, 11) is 0. The third-order valence-corrected chi connectivity index (χ3v) is 6.08. The van der Waals surface area contributed by atoms with Crippen LogP contribution in [0.1, 0.15) is 35.8 Å². The highest BCUT2D eigenvalue weighted by atomic mass is 35.5. The van der Waals surface area contributed by atoms with Crippen molar-refractivity contribution in [3.05, 3.63) is 89.7 Å². The molecule has 0 amide bonds. The fraction of sp³-hybridized carbons (Fsp3) is 0.192. The van der Waals surface area contributed by atoms with Crippen molar-refractivity contribution in [2.45, 2.75) is 25.5 Å². The first kappa shape index (κ1) is 23.1. The highest BCUT2D eigenvalue weighted by Gasteiger charge is 2.23. The number of hydrogen-bond acceptors (Lipinski definition) is 5. The van der Waals surface area contributed by atoms with E-state index in [2.05, 4.69) is 14.7 Å². The number of carbonyl (C=O) groups excluding carboxylic acids is 1. The maximum Gasteiger partial charge on any atom is 0.245 e. The molecule has 1 N–H and O–H groups in total. The molecule has 178 valence electrons. The van der Waals surface area contributed by atoms with Gasteiger partial charge in [0, 0.05) is 29.1 Å². The molecule has 0 aliphatic carbocycles. The van der Waals surface area contributed by atoms with Crippen LogP contribution >= 0.6 is 11.6 Å². The molecule has 1 fully saturated rings. The molecule has 0 saturated carbocycles. The van der Waals surface area contributed by atoms with E-state index in [4.69, 9.17) is 21.3 Å². The van der Waals surface area contributed by atoms with Gasteiger partial charge in [0.15, 0.2) is 11.6 Å². The minimum Gasteiger partial charge on any atom is -0.489 e. The summed E-state index contributed by atoms with van der Waals surface area (Å²) in [5.41, 5.74) is 2.61. The maximum absolute atomic E-state index is 14.4. The number of hydrogen-bond donors (Lipinski definition) is 1. The molecule has 1 atom stereocenters. The Morgan fingerprint density at radius 3 is 2.77 bits per heavy atom. The molecule has 0 unspecified atom stereocenters. The van der Waals surface area contributed by atoms with E-state index in [9.17, 15) is 13.6 Å². The van der Waals surface area contributed by atoms with Gasteiger partial charge in [0.1, 0.15) is 18.2 Å². The summed E-state index contributed by atoms with van der Waals surface area (Å²) >= 11 is 5.21. The van der Waals surface area contributed by atoms with Crippen LogP contribution in [0, 0.1) is 11.6 Å². The molecule has 9 heteroatoms. The zero-order chi connectivity index (χ0) is 24.4. The summed E-state index contributed by atoms with van der Waals surface area (Å²) < 4.78 is 36.4. The van der Waals surface area contributed by atoms with Crippen molar-refractivity contribution >= 4 is 28.4 Å². The summed E-state index contributed by atoms with van der Waals surface area (Å²) in [6.45, 7) is 0.818. The minimum absolute atomic E-state index is 0.0563. The van der Waals surface area contributed by atoms with E-state index in [-0.39, 0.29) is 23.8 Å². The van der Waals surface area contributed by atoms with Gasteiger partial charge in [-0.15, -0.1) is 0 Å². The first-order valence-electron chi connectivity index (χ1n) is 11.1. The summed E-state index contributed by atoms with van der Waals surface area (Å²) in [6.07, 6.45) is 9.70. The quantitative estimate of drug-likeness (QED) is 0.273. The number of carbonyl (C=O) groups is 1. The van der Waals surface area contributed by atoms with E-state index in [1.54, 1.807) is 24.5 Å². The molecule has 1 aliphatic heterocycles. The van der Waals surface area contributed by atoms with Gasteiger partial charge in [0.25, 0.3) is 0 Å². The van der Waals surface area contributed by atoms with Crippen LogP contribution in [0.4, 0.5) is 8.78 Å². The lowest BCUT2D eigenvalue weighted by molar-refractivity contribution is -0.107. The van der Waals surface area contributed by atoms with Crippen LogP contribution in [0.15, 0.2) is 61.1 Å². The van der Waals surface area contributed by atoms with E-state index in [1.165, 1.54) is 12.1 Å². The predicted molar refractivity (Wildman–Crippen MR) is 129 cm³/mol. The number of ether oxygens (including phenoxy) is 1. The zero-order valence-corrected chi connectivity index (χ0v) is 19.3. The van der Waals surface area contributed by atoms with E-state index in [1.807, 2.05) is 18.3 Å². The number of nitrogens with one attached hydrogen (secondary N) is 1. The Balaban J connectivity index is 1.34. The molecule has 35 heavy (non-hydrogen) atoms. The summed E-state index contributed by atoms with van der Waals surface area (Å²) in [5.74, 6) is -0.634. The Hall–Kier alpha value is -3.62. The Morgan fingerprint density at radius 1 is 1.20 bits per heavy atom. The largest absolute Gasteiger partial charge is 0.489 e. The zero-order valence-electron chi connectivity index (χ0n) is 18.5. The molecule has 2 aromatic carbocycles. The van der Waals surface area contributed by atoms with Gasteiger partial charge in [-0.05, 0) is 67.4 Å². The fourth-order valence-electron chi connectivity index (χ4n) is 4.20. The number of imidazole rings is 1. The molecular weight excluding hydrogens is 474 g/mol. The van der Waals surface area contributed by atoms with Crippen LogP contribution < -0.4 is 10.1 Å². The second-order valence-corrected chi connectivity index (χ2v) is 8.56. The molecule has 0 spiro atoms. The first-order valence-corrected chi connectivity index (χ1v) is 11.5. The fourth-order valence-corrected chi connectivity index (χ4v) is 4.26. The van der Waals surface area contributed by atoms with E-state index in [0.29, 0.717) is 5.75 Å². The predicted octanol–water partition coefficient (Wildman–Crippen LogP) is 5.46. The number of fused-ring (bicyclic) bond motifs is 1. The van der Waals surface area contributed by atoms with Crippen molar-refractivity contribution in [3.63, 3.8) is 0 Å². The normalized spacial score (nSPS) is 15.8. The molecular formula is C26H21ClF2N4O2. The smallest absolute Gasteiger partial charge is 0.245 e. The number of halogens is 3. The molecule has 0 radical (unpaired) electrons. The van der Waals surface area contributed by atoms with Crippen molar-refractivity contribution in [3.8, 4) is 17.0 Å². The van der Waals surface area contributed by atoms with Gasteiger partial charge in [0.05, 0.1) is 23.4 Å². The van der Waals surface area contributed by atoms with Gasteiger partial charge in [-0.1, -0.05) is 12.1 Å².